The molecule has 0 amide bonds. The molecule has 0 bridgehead atoms. The van der Waals surface area contributed by atoms with E-state index in [9.17, 15) is 4.79 Å². The Morgan fingerprint density at radius 1 is 1.26 bits per heavy atom. The van der Waals surface area contributed by atoms with Crippen LogP contribution < -0.4 is 5.32 Å². The summed E-state index contributed by atoms with van der Waals surface area (Å²) in [6.07, 6.45) is 4.77. The molecule has 1 aromatic rings. The predicted octanol–water partition coefficient (Wildman–Crippen LogP) is 4.62. The van der Waals surface area contributed by atoms with Gasteiger partial charge >= 0.3 is 5.97 Å². The molecule has 0 spiro atoms. The maximum Gasteiger partial charge on any atom is 0.328 e. The van der Waals surface area contributed by atoms with Crippen LogP contribution in [0, 0.1) is 5.92 Å². The van der Waals surface area contributed by atoms with Gasteiger partial charge in [-0.15, -0.1) is 0 Å². The predicted molar refractivity (Wildman–Crippen MR) is 93.9 cm³/mol. The first-order valence-corrected chi connectivity index (χ1v) is 8.99. The second-order valence-corrected chi connectivity index (χ2v) is 7.98. The molecule has 0 radical (unpaired) electrons. The van der Waals surface area contributed by atoms with Gasteiger partial charge in [0.05, 0.1) is 6.61 Å². The molecule has 3 unspecified atom stereocenters. The molecule has 0 saturated heterocycles. The lowest BCUT2D eigenvalue weighted by atomic mass is 9.68. The number of ether oxygens (including phenoxy) is 1. The Morgan fingerprint density at radius 3 is 2.70 bits per heavy atom. The molecule has 1 aliphatic carbocycles. The third-order valence-electron chi connectivity index (χ3n) is 5.42. The third-order valence-corrected chi connectivity index (χ3v) is 5.42. The van der Waals surface area contributed by atoms with E-state index in [2.05, 4.69) is 44.3 Å². The standard InChI is InChI=1S/C20H29NO2/c1-5-23-19(22)18-15-9-7-6-8-14(15)16-12-13(20(2,3)4)10-11-17(16)21-18/h10-12,14-15,18,21H,5-9H2,1-4H3. The summed E-state index contributed by atoms with van der Waals surface area (Å²) in [4.78, 5) is 12.4. The Bertz CT molecular complexity index is 588. The van der Waals surface area contributed by atoms with Gasteiger partial charge in [-0.2, -0.15) is 0 Å². The van der Waals surface area contributed by atoms with E-state index in [4.69, 9.17) is 4.74 Å². The number of carbonyl (C=O) groups is 1. The van der Waals surface area contributed by atoms with Crippen LogP contribution in [-0.4, -0.2) is 18.6 Å². The Balaban J connectivity index is 1.99. The van der Waals surface area contributed by atoms with Crippen molar-refractivity contribution in [3.05, 3.63) is 29.3 Å². The van der Waals surface area contributed by atoms with E-state index in [-0.39, 0.29) is 17.4 Å². The fourth-order valence-corrected chi connectivity index (χ4v) is 4.15. The highest BCUT2D eigenvalue weighted by atomic mass is 16.5. The maximum atomic E-state index is 12.4. The molecule has 1 heterocycles. The minimum atomic E-state index is -0.187. The molecule has 1 fully saturated rings. The number of carbonyl (C=O) groups excluding carboxylic acids is 1. The highest BCUT2D eigenvalue weighted by molar-refractivity contribution is 5.82. The Labute approximate surface area is 139 Å². The lowest BCUT2D eigenvalue weighted by Crippen LogP contribution is -2.45. The van der Waals surface area contributed by atoms with Crippen LogP contribution in [0.25, 0.3) is 0 Å². The van der Waals surface area contributed by atoms with Crippen molar-refractivity contribution in [1.29, 1.82) is 0 Å². The minimum absolute atomic E-state index is 0.0880. The molecule has 126 valence electrons. The van der Waals surface area contributed by atoms with Crippen LogP contribution >= 0.6 is 0 Å². The first-order chi connectivity index (χ1) is 10.9. The first kappa shape index (κ1) is 16.4. The van der Waals surface area contributed by atoms with Gasteiger partial charge < -0.3 is 10.1 Å². The second kappa shape index (κ2) is 6.18. The van der Waals surface area contributed by atoms with Crippen LogP contribution in [0.5, 0.6) is 0 Å². The highest BCUT2D eigenvalue weighted by Gasteiger charge is 2.42. The normalized spacial score (nSPS) is 26.7. The SMILES string of the molecule is CCOC(=O)C1Nc2ccc(C(C)(C)C)cc2C2CCCCC12. The molecule has 1 aromatic carbocycles. The first-order valence-electron chi connectivity index (χ1n) is 8.99. The summed E-state index contributed by atoms with van der Waals surface area (Å²) in [6, 6.07) is 6.53. The maximum absolute atomic E-state index is 12.4. The zero-order valence-corrected chi connectivity index (χ0v) is 14.8. The Kier molecular flexibility index (Phi) is 4.39. The number of rotatable bonds is 2. The fraction of sp³-hybridized carbons (Fsp3) is 0.650. The van der Waals surface area contributed by atoms with E-state index in [0.29, 0.717) is 18.4 Å². The van der Waals surface area contributed by atoms with Gasteiger partial charge in [0.15, 0.2) is 0 Å². The molecular formula is C20H29NO2. The smallest absolute Gasteiger partial charge is 0.328 e. The number of nitrogens with one attached hydrogen (secondary N) is 1. The van der Waals surface area contributed by atoms with Gasteiger partial charge in [-0.3, -0.25) is 0 Å². The van der Waals surface area contributed by atoms with Crippen LogP contribution in [0.1, 0.15) is 70.4 Å². The fourth-order valence-electron chi connectivity index (χ4n) is 4.15. The average molecular weight is 315 g/mol. The number of esters is 1. The second-order valence-electron chi connectivity index (χ2n) is 7.98. The monoisotopic (exact) mass is 315 g/mol. The molecule has 23 heavy (non-hydrogen) atoms. The van der Waals surface area contributed by atoms with Crippen LogP contribution in [0.3, 0.4) is 0 Å². The van der Waals surface area contributed by atoms with Crippen molar-refractivity contribution in [3.8, 4) is 0 Å². The van der Waals surface area contributed by atoms with Gasteiger partial charge in [0.25, 0.3) is 0 Å². The Morgan fingerprint density at radius 2 is 2.00 bits per heavy atom. The van der Waals surface area contributed by atoms with Gasteiger partial charge in [-0.25, -0.2) is 4.79 Å². The lowest BCUT2D eigenvalue weighted by Gasteiger charge is -2.42. The topological polar surface area (TPSA) is 38.3 Å². The molecule has 2 aliphatic rings. The quantitative estimate of drug-likeness (QED) is 0.810. The van der Waals surface area contributed by atoms with Gasteiger partial charge in [0.1, 0.15) is 6.04 Å². The van der Waals surface area contributed by atoms with Crippen molar-refractivity contribution in [2.75, 3.05) is 11.9 Å². The molecule has 3 nitrogen and oxygen atoms in total. The summed E-state index contributed by atoms with van der Waals surface area (Å²) in [5.41, 5.74) is 4.05. The molecule has 1 N–H and O–H groups in total. The van der Waals surface area contributed by atoms with Gasteiger partial charge in [0.2, 0.25) is 0 Å². The van der Waals surface area contributed by atoms with Crippen molar-refractivity contribution in [1.82, 2.24) is 0 Å². The molecule has 3 atom stereocenters. The van der Waals surface area contributed by atoms with Crippen LogP contribution in [-0.2, 0) is 14.9 Å². The van der Waals surface area contributed by atoms with Crippen molar-refractivity contribution in [2.45, 2.75) is 70.8 Å². The summed E-state index contributed by atoms with van der Waals surface area (Å²) in [5, 5.41) is 3.48. The zero-order chi connectivity index (χ0) is 16.6. The van der Waals surface area contributed by atoms with Gasteiger partial charge in [-0.1, -0.05) is 45.7 Å². The van der Waals surface area contributed by atoms with E-state index >= 15 is 0 Å². The van der Waals surface area contributed by atoms with Crippen molar-refractivity contribution < 1.29 is 9.53 Å². The van der Waals surface area contributed by atoms with E-state index in [1.807, 2.05) is 6.92 Å². The summed E-state index contributed by atoms with van der Waals surface area (Å²) < 4.78 is 5.32. The molecule has 1 saturated carbocycles. The van der Waals surface area contributed by atoms with Crippen LogP contribution in [0.2, 0.25) is 0 Å². The molecule has 3 heteroatoms. The summed E-state index contributed by atoms with van der Waals surface area (Å²) >= 11 is 0. The lowest BCUT2D eigenvalue weighted by molar-refractivity contribution is -0.146. The number of anilines is 1. The van der Waals surface area contributed by atoms with Gasteiger partial charge in [-0.05, 0) is 54.2 Å². The summed E-state index contributed by atoms with van der Waals surface area (Å²) in [5.74, 6) is 0.761. The third kappa shape index (κ3) is 3.11. The number of hydrogen-bond donors (Lipinski definition) is 1. The van der Waals surface area contributed by atoms with Crippen LogP contribution in [0.4, 0.5) is 5.69 Å². The number of hydrogen-bond acceptors (Lipinski definition) is 3. The van der Waals surface area contributed by atoms with Gasteiger partial charge in [0, 0.05) is 5.69 Å². The molecule has 3 rings (SSSR count). The number of fused-ring (bicyclic) bond motifs is 3. The summed E-state index contributed by atoms with van der Waals surface area (Å²) in [7, 11) is 0. The van der Waals surface area contributed by atoms with E-state index in [0.717, 1.165) is 12.1 Å². The van der Waals surface area contributed by atoms with Crippen molar-refractivity contribution in [2.24, 2.45) is 5.92 Å². The van der Waals surface area contributed by atoms with Crippen molar-refractivity contribution >= 4 is 11.7 Å². The van der Waals surface area contributed by atoms with E-state index < -0.39 is 0 Å². The molecule has 1 aliphatic heterocycles. The van der Waals surface area contributed by atoms with E-state index in [1.165, 1.54) is 30.4 Å². The summed E-state index contributed by atoms with van der Waals surface area (Å²) in [6.45, 7) is 9.09. The van der Waals surface area contributed by atoms with E-state index in [1.54, 1.807) is 0 Å². The Hall–Kier alpha value is -1.51. The molecule has 0 aromatic heterocycles. The zero-order valence-electron chi connectivity index (χ0n) is 14.8. The van der Waals surface area contributed by atoms with Crippen LogP contribution in [0.15, 0.2) is 18.2 Å². The number of benzene rings is 1. The molecular weight excluding hydrogens is 286 g/mol. The van der Waals surface area contributed by atoms with Crippen molar-refractivity contribution in [3.63, 3.8) is 0 Å². The average Bonchev–Trinajstić information content (AvgIpc) is 2.53. The minimum Gasteiger partial charge on any atom is -0.464 e. The highest BCUT2D eigenvalue weighted by Crippen LogP contribution is 2.47. The largest absolute Gasteiger partial charge is 0.464 e.